The highest BCUT2D eigenvalue weighted by molar-refractivity contribution is 5.76. The fourth-order valence-electron chi connectivity index (χ4n) is 2.84. The van der Waals surface area contributed by atoms with Crippen LogP contribution in [0.1, 0.15) is 23.4 Å². The van der Waals surface area contributed by atoms with E-state index in [9.17, 15) is 9.18 Å². The van der Waals surface area contributed by atoms with E-state index in [2.05, 4.69) is 10.4 Å². The summed E-state index contributed by atoms with van der Waals surface area (Å²) in [4.78, 5) is 12.1. The van der Waals surface area contributed by atoms with Gasteiger partial charge in [0.15, 0.2) is 11.6 Å². The highest BCUT2D eigenvalue weighted by atomic mass is 19.1. The third-order valence-electron chi connectivity index (χ3n) is 4.33. The highest BCUT2D eigenvalue weighted by Crippen LogP contribution is 2.18. The van der Waals surface area contributed by atoms with Gasteiger partial charge in [-0.2, -0.15) is 5.10 Å². The van der Waals surface area contributed by atoms with Gasteiger partial charge in [-0.15, -0.1) is 0 Å². The number of nitrogens with one attached hydrogen (secondary N) is 1. The lowest BCUT2D eigenvalue weighted by atomic mass is 10.2. The number of ether oxygens (including phenoxy) is 1. The van der Waals surface area contributed by atoms with Gasteiger partial charge < -0.3 is 10.1 Å². The number of carbonyl (C=O) groups is 1. The van der Waals surface area contributed by atoms with Crippen LogP contribution in [-0.2, 0) is 11.3 Å². The first-order chi connectivity index (χ1) is 13.1. The molecular formula is C21H22FN3O2. The molecule has 0 atom stereocenters. The molecule has 2 aromatic carbocycles. The summed E-state index contributed by atoms with van der Waals surface area (Å²) in [6.07, 6.45) is 0.152. The summed E-state index contributed by atoms with van der Waals surface area (Å²) in [7, 11) is 0. The fraction of sp³-hybridized carbons (Fsp3) is 0.238. The number of halogens is 1. The number of aromatic nitrogens is 2. The molecule has 1 aromatic heterocycles. The zero-order valence-corrected chi connectivity index (χ0v) is 15.4. The van der Waals surface area contributed by atoms with Crippen molar-refractivity contribution in [3.05, 3.63) is 77.4 Å². The van der Waals surface area contributed by atoms with Crippen LogP contribution in [0.4, 0.5) is 4.39 Å². The number of hydrogen-bond acceptors (Lipinski definition) is 3. The molecule has 3 aromatic rings. The number of carbonyl (C=O) groups excluding carboxylic acids is 1. The Morgan fingerprint density at radius 3 is 2.56 bits per heavy atom. The Bertz CT molecular complexity index is 922. The topological polar surface area (TPSA) is 56.2 Å². The molecule has 0 spiro atoms. The molecule has 0 aliphatic heterocycles. The monoisotopic (exact) mass is 367 g/mol. The second kappa shape index (κ2) is 8.49. The zero-order valence-electron chi connectivity index (χ0n) is 15.4. The molecule has 5 nitrogen and oxygen atoms in total. The van der Waals surface area contributed by atoms with Gasteiger partial charge in [0.2, 0.25) is 5.91 Å². The minimum Gasteiger partial charge on any atom is -0.490 e. The first-order valence-electron chi connectivity index (χ1n) is 8.81. The first kappa shape index (κ1) is 18.6. The van der Waals surface area contributed by atoms with Crippen LogP contribution in [0.2, 0.25) is 0 Å². The van der Waals surface area contributed by atoms with Gasteiger partial charge in [-0.3, -0.25) is 4.79 Å². The molecule has 140 valence electrons. The minimum absolute atomic E-state index is 0.119. The smallest absolute Gasteiger partial charge is 0.223 e. The second-order valence-electron chi connectivity index (χ2n) is 6.20. The van der Waals surface area contributed by atoms with Gasteiger partial charge in [0, 0.05) is 17.8 Å². The van der Waals surface area contributed by atoms with Crippen molar-refractivity contribution in [1.82, 2.24) is 15.1 Å². The number of amides is 1. The molecule has 0 fully saturated rings. The maximum Gasteiger partial charge on any atom is 0.223 e. The van der Waals surface area contributed by atoms with Gasteiger partial charge in [0.1, 0.15) is 0 Å². The summed E-state index contributed by atoms with van der Waals surface area (Å²) >= 11 is 0. The van der Waals surface area contributed by atoms with Gasteiger partial charge in [-0.25, -0.2) is 9.07 Å². The average molecular weight is 367 g/mol. The number of hydrogen-bond donors (Lipinski definition) is 1. The largest absolute Gasteiger partial charge is 0.490 e. The Morgan fingerprint density at radius 1 is 1.11 bits per heavy atom. The van der Waals surface area contributed by atoms with Gasteiger partial charge in [-0.05, 0) is 38.1 Å². The van der Waals surface area contributed by atoms with Crippen LogP contribution in [0.25, 0.3) is 5.69 Å². The average Bonchev–Trinajstić information content (AvgIpc) is 2.96. The summed E-state index contributed by atoms with van der Waals surface area (Å²) in [5.74, 6) is -0.434. The van der Waals surface area contributed by atoms with Crippen LogP contribution >= 0.6 is 0 Å². The molecule has 1 heterocycles. The maximum atomic E-state index is 13.5. The first-order valence-corrected chi connectivity index (χ1v) is 8.81. The molecule has 27 heavy (non-hydrogen) atoms. The van der Waals surface area contributed by atoms with E-state index in [1.54, 1.807) is 12.1 Å². The number of nitrogens with zero attached hydrogens (tertiary/aromatic N) is 2. The second-order valence-corrected chi connectivity index (χ2v) is 6.20. The molecule has 0 radical (unpaired) electrons. The van der Waals surface area contributed by atoms with Crippen LogP contribution in [0.15, 0.2) is 54.6 Å². The van der Waals surface area contributed by atoms with Crippen LogP contribution in [-0.4, -0.2) is 22.3 Å². The molecule has 0 saturated heterocycles. The Kier molecular flexibility index (Phi) is 5.86. The van der Waals surface area contributed by atoms with Crippen molar-refractivity contribution in [2.24, 2.45) is 0 Å². The summed E-state index contributed by atoms with van der Waals surface area (Å²) in [6.45, 7) is 4.42. The Hall–Kier alpha value is -3.15. The third kappa shape index (κ3) is 4.53. The van der Waals surface area contributed by atoms with E-state index >= 15 is 0 Å². The van der Waals surface area contributed by atoms with Gasteiger partial charge >= 0.3 is 0 Å². The van der Waals surface area contributed by atoms with Crippen molar-refractivity contribution in [1.29, 1.82) is 0 Å². The van der Waals surface area contributed by atoms with Crippen LogP contribution in [0, 0.1) is 19.7 Å². The van der Waals surface area contributed by atoms with Crippen LogP contribution < -0.4 is 10.1 Å². The zero-order chi connectivity index (χ0) is 19.2. The third-order valence-corrected chi connectivity index (χ3v) is 4.33. The minimum atomic E-state index is -0.433. The van der Waals surface area contributed by atoms with Crippen molar-refractivity contribution in [2.45, 2.75) is 26.8 Å². The standard InChI is InChI=1S/C21H22FN3O2/c1-15-18(16(2)25(24-15)17-8-4-3-5-9-17)14-23-21(26)12-13-27-20-11-7-6-10-19(20)22/h3-11H,12-14H2,1-2H3,(H,23,26). The van der Waals surface area contributed by atoms with E-state index in [0.29, 0.717) is 6.54 Å². The maximum absolute atomic E-state index is 13.5. The predicted molar refractivity (Wildman–Crippen MR) is 101 cm³/mol. The van der Waals surface area contributed by atoms with Crippen LogP contribution in [0.5, 0.6) is 5.75 Å². The van der Waals surface area contributed by atoms with E-state index in [1.165, 1.54) is 12.1 Å². The molecule has 0 aliphatic rings. The van der Waals surface area contributed by atoms with Crippen molar-refractivity contribution in [3.8, 4) is 11.4 Å². The molecule has 3 rings (SSSR count). The lowest BCUT2D eigenvalue weighted by Crippen LogP contribution is -2.25. The van der Waals surface area contributed by atoms with Gasteiger partial charge in [-0.1, -0.05) is 30.3 Å². The molecule has 0 saturated carbocycles. The number of aryl methyl sites for hydroxylation is 1. The van der Waals surface area contributed by atoms with E-state index in [4.69, 9.17) is 4.74 Å². The quantitative estimate of drug-likeness (QED) is 0.693. The molecule has 0 bridgehead atoms. The summed E-state index contributed by atoms with van der Waals surface area (Å²) < 4.78 is 20.7. The lowest BCUT2D eigenvalue weighted by Gasteiger charge is -2.09. The van der Waals surface area contributed by atoms with Crippen molar-refractivity contribution in [2.75, 3.05) is 6.61 Å². The van der Waals surface area contributed by atoms with E-state index in [0.717, 1.165) is 22.6 Å². The fourth-order valence-corrected chi connectivity index (χ4v) is 2.84. The molecule has 6 heteroatoms. The van der Waals surface area contributed by atoms with Crippen molar-refractivity contribution < 1.29 is 13.9 Å². The molecule has 0 aliphatic carbocycles. The number of rotatable bonds is 7. The van der Waals surface area contributed by atoms with Crippen molar-refractivity contribution >= 4 is 5.91 Å². The molecule has 1 N–H and O–H groups in total. The van der Waals surface area contributed by atoms with E-state index in [1.807, 2.05) is 48.9 Å². The summed E-state index contributed by atoms with van der Waals surface area (Å²) in [5, 5.41) is 7.45. The molecular weight excluding hydrogens is 345 g/mol. The van der Waals surface area contributed by atoms with Gasteiger partial charge in [0.05, 0.1) is 24.4 Å². The Morgan fingerprint density at radius 2 is 1.81 bits per heavy atom. The molecule has 1 amide bonds. The van der Waals surface area contributed by atoms with Crippen LogP contribution in [0.3, 0.4) is 0 Å². The molecule has 0 unspecified atom stereocenters. The summed E-state index contributed by atoms with van der Waals surface area (Å²) in [6, 6.07) is 16.0. The van der Waals surface area contributed by atoms with Gasteiger partial charge in [0.25, 0.3) is 0 Å². The van der Waals surface area contributed by atoms with E-state index < -0.39 is 5.82 Å². The van der Waals surface area contributed by atoms with Crippen molar-refractivity contribution in [3.63, 3.8) is 0 Å². The highest BCUT2D eigenvalue weighted by Gasteiger charge is 2.13. The lowest BCUT2D eigenvalue weighted by molar-refractivity contribution is -0.121. The normalized spacial score (nSPS) is 10.6. The SMILES string of the molecule is Cc1nn(-c2ccccc2)c(C)c1CNC(=O)CCOc1ccccc1F. The number of para-hydroxylation sites is 2. The number of benzene rings is 2. The predicted octanol–water partition coefficient (Wildman–Crippen LogP) is 3.71. The Balaban J connectivity index is 1.55. The Labute approximate surface area is 157 Å². The van der Waals surface area contributed by atoms with E-state index in [-0.39, 0.29) is 24.7 Å². The summed E-state index contributed by atoms with van der Waals surface area (Å²) in [5.41, 5.74) is 3.83.